The van der Waals surface area contributed by atoms with E-state index in [1.165, 1.54) is 38.2 Å². The number of rotatable bonds is 5. The van der Waals surface area contributed by atoms with Gasteiger partial charge in [-0.25, -0.2) is 4.39 Å². The molecule has 1 aliphatic carbocycles. The second-order valence-corrected chi connectivity index (χ2v) is 5.59. The van der Waals surface area contributed by atoms with E-state index in [1.807, 2.05) is 6.07 Å². The third-order valence-corrected chi connectivity index (χ3v) is 4.29. The second-order valence-electron chi connectivity index (χ2n) is 5.59. The van der Waals surface area contributed by atoms with E-state index in [9.17, 15) is 4.39 Å². The lowest BCUT2D eigenvalue weighted by Gasteiger charge is -2.26. The molecule has 0 heterocycles. The molecular weight excluding hydrogens is 225 g/mol. The van der Waals surface area contributed by atoms with Gasteiger partial charge in [-0.05, 0) is 49.3 Å². The van der Waals surface area contributed by atoms with Gasteiger partial charge in [0.2, 0.25) is 0 Å². The molecule has 2 heteroatoms. The third-order valence-electron chi connectivity index (χ3n) is 4.29. The monoisotopic (exact) mass is 250 g/mol. The third kappa shape index (κ3) is 4.09. The van der Waals surface area contributed by atoms with E-state index in [0.29, 0.717) is 0 Å². The molecule has 0 aliphatic heterocycles. The van der Waals surface area contributed by atoms with Crippen molar-refractivity contribution in [2.75, 3.05) is 6.54 Å². The molecule has 0 amide bonds. The van der Waals surface area contributed by atoms with Crippen molar-refractivity contribution in [3.8, 4) is 0 Å². The molecule has 2 N–H and O–H groups in total. The first-order valence-electron chi connectivity index (χ1n) is 7.35. The summed E-state index contributed by atoms with van der Waals surface area (Å²) in [5.74, 6) is 0.855. The average Bonchev–Trinajstić information content (AvgIpc) is 2.40. The highest BCUT2D eigenvalue weighted by atomic mass is 19.1. The van der Waals surface area contributed by atoms with Crippen LogP contribution in [0.5, 0.6) is 0 Å². The maximum atomic E-state index is 13.0. The highest BCUT2D eigenvalue weighted by Gasteiger charge is 2.21. The van der Waals surface area contributed by atoms with Gasteiger partial charge in [0, 0.05) is 6.42 Å². The molecule has 0 spiro atoms. The van der Waals surface area contributed by atoms with Crippen LogP contribution in [-0.2, 0) is 6.42 Å². The lowest BCUT2D eigenvalue weighted by Crippen LogP contribution is -2.90. The standard InChI is InChI=1S/C16H24FN/c1-2-13-6-8-16(9-7-13)18-11-10-14-4-3-5-15(17)12-14/h3-5,12-13,16,18H,2,6-11H2,1H3/p+1. The lowest BCUT2D eigenvalue weighted by molar-refractivity contribution is -0.691. The summed E-state index contributed by atoms with van der Waals surface area (Å²) in [5, 5.41) is 2.47. The van der Waals surface area contributed by atoms with Crippen molar-refractivity contribution in [2.45, 2.75) is 51.5 Å². The fourth-order valence-corrected chi connectivity index (χ4v) is 3.01. The molecule has 100 valence electrons. The minimum absolute atomic E-state index is 0.115. The van der Waals surface area contributed by atoms with Crippen LogP contribution in [0.3, 0.4) is 0 Å². The summed E-state index contributed by atoms with van der Waals surface area (Å²) in [4.78, 5) is 0. The smallest absolute Gasteiger partial charge is 0.123 e. The number of nitrogens with two attached hydrogens (primary N) is 1. The minimum atomic E-state index is -0.115. The maximum Gasteiger partial charge on any atom is 0.123 e. The molecule has 0 saturated heterocycles. The fourth-order valence-electron chi connectivity index (χ4n) is 3.01. The molecule has 1 aliphatic rings. The number of hydrogen-bond acceptors (Lipinski definition) is 0. The fraction of sp³-hybridized carbons (Fsp3) is 0.625. The number of hydrogen-bond donors (Lipinski definition) is 1. The Morgan fingerprint density at radius 3 is 2.67 bits per heavy atom. The molecular formula is C16H25FN+. The van der Waals surface area contributed by atoms with Crippen molar-refractivity contribution >= 4 is 0 Å². The van der Waals surface area contributed by atoms with E-state index in [0.717, 1.165) is 30.5 Å². The van der Waals surface area contributed by atoms with Gasteiger partial charge in [-0.2, -0.15) is 0 Å². The van der Waals surface area contributed by atoms with E-state index in [-0.39, 0.29) is 5.82 Å². The molecule has 0 aromatic heterocycles. The molecule has 1 aromatic rings. The largest absolute Gasteiger partial charge is 0.344 e. The Labute approximate surface area is 110 Å². The average molecular weight is 250 g/mol. The number of quaternary nitrogens is 1. The first-order valence-corrected chi connectivity index (χ1v) is 7.35. The van der Waals surface area contributed by atoms with Gasteiger partial charge in [0.15, 0.2) is 0 Å². The maximum absolute atomic E-state index is 13.0. The zero-order chi connectivity index (χ0) is 12.8. The Balaban J connectivity index is 1.67. The minimum Gasteiger partial charge on any atom is -0.344 e. The van der Waals surface area contributed by atoms with E-state index >= 15 is 0 Å². The molecule has 18 heavy (non-hydrogen) atoms. The van der Waals surface area contributed by atoms with E-state index < -0.39 is 0 Å². The molecule has 0 atom stereocenters. The Morgan fingerprint density at radius 1 is 1.22 bits per heavy atom. The summed E-state index contributed by atoms with van der Waals surface area (Å²) in [7, 11) is 0. The van der Waals surface area contributed by atoms with E-state index in [4.69, 9.17) is 0 Å². The SMILES string of the molecule is CCC1CCC([NH2+]CCc2cccc(F)c2)CC1. The van der Waals surface area contributed by atoms with Crippen LogP contribution < -0.4 is 5.32 Å². The van der Waals surface area contributed by atoms with Gasteiger partial charge >= 0.3 is 0 Å². The van der Waals surface area contributed by atoms with E-state index in [2.05, 4.69) is 12.2 Å². The van der Waals surface area contributed by atoms with Gasteiger partial charge in [0.25, 0.3) is 0 Å². The highest BCUT2D eigenvalue weighted by molar-refractivity contribution is 5.16. The van der Waals surface area contributed by atoms with Gasteiger partial charge in [0.05, 0.1) is 12.6 Å². The molecule has 0 bridgehead atoms. The van der Waals surface area contributed by atoms with Crippen molar-refractivity contribution < 1.29 is 9.71 Å². The number of halogens is 1. The molecule has 0 radical (unpaired) electrons. The van der Waals surface area contributed by atoms with Gasteiger partial charge in [0.1, 0.15) is 5.82 Å². The zero-order valence-corrected chi connectivity index (χ0v) is 11.4. The van der Waals surface area contributed by atoms with Gasteiger partial charge in [-0.3, -0.25) is 0 Å². The molecule has 0 unspecified atom stereocenters. The van der Waals surface area contributed by atoms with Crippen molar-refractivity contribution in [2.24, 2.45) is 5.92 Å². The van der Waals surface area contributed by atoms with Gasteiger partial charge in [-0.1, -0.05) is 25.5 Å². The molecule has 2 rings (SSSR count). The zero-order valence-electron chi connectivity index (χ0n) is 11.4. The highest BCUT2D eigenvalue weighted by Crippen LogP contribution is 2.24. The summed E-state index contributed by atoms with van der Waals surface area (Å²) < 4.78 is 13.0. The van der Waals surface area contributed by atoms with Gasteiger partial charge in [-0.15, -0.1) is 0 Å². The summed E-state index contributed by atoms with van der Waals surface area (Å²) in [6.07, 6.45) is 7.85. The van der Waals surface area contributed by atoms with Crippen molar-refractivity contribution in [3.63, 3.8) is 0 Å². The quantitative estimate of drug-likeness (QED) is 0.827. The summed E-state index contributed by atoms with van der Waals surface area (Å²) in [5.41, 5.74) is 1.12. The first-order chi connectivity index (χ1) is 8.78. The summed E-state index contributed by atoms with van der Waals surface area (Å²) in [6.45, 7) is 3.39. The first kappa shape index (κ1) is 13.5. The Kier molecular flexibility index (Phi) is 5.18. The van der Waals surface area contributed by atoms with E-state index in [1.54, 1.807) is 12.1 Å². The van der Waals surface area contributed by atoms with Crippen molar-refractivity contribution in [1.29, 1.82) is 0 Å². The normalized spacial score (nSPS) is 24.1. The molecule has 1 saturated carbocycles. The van der Waals surface area contributed by atoms with Crippen LogP contribution in [0.25, 0.3) is 0 Å². The molecule has 1 fully saturated rings. The Bertz CT molecular complexity index is 356. The second kappa shape index (κ2) is 6.89. The lowest BCUT2D eigenvalue weighted by atomic mass is 9.84. The van der Waals surface area contributed by atoms with Crippen LogP contribution in [0.15, 0.2) is 24.3 Å². The van der Waals surface area contributed by atoms with Crippen LogP contribution in [-0.4, -0.2) is 12.6 Å². The predicted octanol–water partition coefficient (Wildman–Crippen LogP) is 2.90. The van der Waals surface area contributed by atoms with Crippen LogP contribution in [0.4, 0.5) is 4.39 Å². The Hall–Kier alpha value is -0.890. The molecule has 1 aromatic carbocycles. The van der Waals surface area contributed by atoms with Gasteiger partial charge < -0.3 is 5.32 Å². The number of benzene rings is 1. The topological polar surface area (TPSA) is 16.6 Å². The molecule has 1 nitrogen and oxygen atoms in total. The predicted molar refractivity (Wildman–Crippen MR) is 72.9 cm³/mol. The van der Waals surface area contributed by atoms with Crippen LogP contribution >= 0.6 is 0 Å². The van der Waals surface area contributed by atoms with Crippen molar-refractivity contribution in [3.05, 3.63) is 35.6 Å². The van der Waals surface area contributed by atoms with Crippen molar-refractivity contribution in [1.82, 2.24) is 0 Å². The van der Waals surface area contributed by atoms with Crippen LogP contribution in [0.2, 0.25) is 0 Å². The summed E-state index contributed by atoms with van der Waals surface area (Å²) in [6, 6.07) is 7.80. The summed E-state index contributed by atoms with van der Waals surface area (Å²) >= 11 is 0. The Morgan fingerprint density at radius 2 is 2.00 bits per heavy atom. The van der Waals surface area contributed by atoms with Crippen LogP contribution in [0, 0.1) is 11.7 Å². The van der Waals surface area contributed by atoms with Crippen LogP contribution in [0.1, 0.15) is 44.6 Å².